The molecule has 0 fully saturated rings. The number of ketones is 1. The molecule has 100 valence electrons. The third-order valence-electron chi connectivity index (χ3n) is 4.62. The van der Waals surface area contributed by atoms with Crippen molar-refractivity contribution in [1.82, 2.24) is 0 Å². The highest BCUT2D eigenvalue weighted by molar-refractivity contribution is 5.87. The van der Waals surface area contributed by atoms with Gasteiger partial charge in [0.1, 0.15) is 5.78 Å². The van der Waals surface area contributed by atoms with Crippen molar-refractivity contribution in [2.24, 2.45) is 11.8 Å². The minimum Gasteiger partial charge on any atom is -0.298 e. The molecular weight excluding hydrogens is 220 g/mol. The number of hydrogen-bond acceptors (Lipinski definition) is 1. The van der Waals surface area contributed by atoms with Crippen LogP contribution in [0.1, 0.15) is 65.2 Å². The second-order valence-electron chi connectivity index (χ2n) is 5.90. The van der Waals surface area contributed by atoms with Crippen molar-refractivity contribution in [2.45, 2.75) is 65.2 Å². The molecule has 2 aliphatic carbocycles. The molecule has 0 bridgehead atoms. The van der Waals surface area contributed by atoms with E-state index in [9.17, 15) is 4.79 Å². The average molecular weight is 246 g/mol. The third kappa shape index (κ3) is 3.13. The maximum absolute atomic E-state index is 12.6. The highest BCUT2D eigenvalue weighted by Gasteiger charge is 2.26. The summed E-state index contributed by atoms with van der Waals surface area (Å²) < 4.78 is 0. The van der Waals surface area contributed by atoms with Crippen LogP contribution in [0.3, 0.4) is 0 Å². The number of hydrogen-bond donors (Lipinski definition) is 0. The second-order valence-corrected chi connectivity index (χ2v) is 5.90. The van der Waals surface area contributed by atoms with Crippen LogP contribution < -0.4 is 0 Å². The molecule has 0 amide bonds. The van der Waals surface area contributed by atoms with Gasteiger partial charge in [-0.15, -0.1) is 0 Å². The fraction of sp³-hybridized carbons (Fsp3) is 0.706. The molecule has 0 radical (unpaired) electrons. The Labute approximate surface area is 111 Å². The largest absolute Gasteiger partial charge is 0.298 e. The lowest BCUT2D eigenvalue weighted by Crippen LogP contribution is -2.24. The van der Waals surface area contributed by atoms with Gasteiger partial charge in [-0.1, -0.05) is 37.1 Å². The van der Waals surface area contributed by atoms with Crippen molar-refractivity contribution in [1.29, 1.82) is 0 Å². The zero-order valence-corrected chi connectivity index (χ0v) is 11.9. The molecule has 18 heavy (non-hydrogen) atoms. The number of carbonyl (C=O) groups excluding carboxylic acids is 1. The van der Waals surface area contributed by atoms with Crippen LogP contribution in [0.15, 0.2) is 23.3 Å². The molecule has 0 spiro atoms. The van der Waals surface area contributed by atoms with Gasteiger partial charge in [0.05, 0.1) is 0 Å². The first-order valence-corrected chi connectivity index (χ1v) is 7.61. The molecule has 2 atom stereocenters. The summed E-state index contributed by atoms with van der Waals surface area (Å²) in [6, 6.07) is 0. The first kappa shape index (κ1) is 13.6. The van der Waals surface area contributed by atoms with E-state index in [0.29, 0.717) is 5.78 Å². The topological polar surface area (TPSA) is 17.1 Å². The minimum atomic E-state index is 0.142. The Balaban J connectivity index is 2.01. The van der Waals surface area contributed by atoms with Crippen molar-refractivity contribution in [3.8, 4) is 0 Å². The summed E-state index contributed by atoms with van der Waals surface area (Å²) >= 11 is 0. The van der Waals surface area contributed by atoms with Crippen LogP contribution in [0, 0.1) is 11.8 Å². The maximum Gasteiger partial charge on any atom is 0.146 e. The van der Waals surface area contributed by atoms with Gasteiger partial charge in [0, 0.05) is 11.8 Å². The van der Waals surface area contributed by atoms with Crippen molar-refractivity contribution in [3.63, 3.8) is 0 Å². The predicted molar refractivity (Wildman–Crippen MR) is 76.4 cm³/mol. The first-order valence-electron chi connectivity index (χ1n) is 7.61. The summed E-state index contributed by atoms with van der Waals surface area (Å²) in [5, 5.41) is 0. The lowest BCUT2D eigenvalue weighted by atomic mass is 9.79. The summed E-state index contributed by atoms with van der Waals surface area (Å²) in [7, 11) is 0. The van der Waals surface area contributed by atoms with Gasteiger partial charge in [-0.25, -0.2) is 0 Å². The van der Waals surface area contributed by atoms with Crippen LogP contribution in [-0.2, 0) is 4.79 Å². The number of rotatable bonds is 4. The van der Waals surface area contributed by atoms with Crippen LogP contribution in [0.25, 0.3) is 0 Å². The molecule has 0 aromatic rings. The van der Waals surface area contributed by atoms with E-state index in [0.717, 1.165) is 12.8 Å². The van der Waals surface area contributed by atoms with Gasteiger partial charge in [-0.2, -0.15) is 0 Å². The van der Waals surface area contributed by atoms with E-state index in [2.05, 4.69) is 26.0 Å². The predicted octanol–water partition coefficient (Wildman–Crippen LogP) is 4.83. The molecule has 0 N–H and O–H groups in total. The van der Waals surface area contributed by atoms with Gasteiger partial charge in [0.25, 0.3) is 0 Å². The number of allylic oxidation sites excluding steroid dienone is 4. The standard InChI is InChI=1S/C17H26O/c1-13(15-9-5-3-6-10-15)17(18)14(2)16-11-7-4-8-12-16/h9,11,13-14H,3-8,10,12H2,1-2H3. The lowest BCUT2D eigenvalue weighted by Gasteiger charge is -2.24. The van der Waals surface area contributed by atoms with Gasteiger partial charge in [0.2, 0.25) is 0 Å². The molecule has 1 nitrogen and oxygen atoms in total. The fourth-order valence-electron chi connectivity index (χ4n) is 3.25. The first-order chi connectivity index (χ1) is 8.70. The lowest BCUT2D eigenvalue weighted by molar-refractivity contribution is -0.123. The van der Waals surface area contributed by atoms with E-state index in [1.54, 1.807) is 0 Å². The van der Waals surface area contributed by atoms with Gasteiger partial charge in [-0.05, 0) is 51.4 Å². The molecule has 2 rings (SSSR count). The molecule has 0 saturated heterocycles. The average Bonchev–Trinajstić information content (AvgIpc) is 2.47. The molecule has 0 heterocycles. The van der Waals surface area contributed by atoms with Gasteiger partial charge in [-0.3, -0.25) is 4.79 Å². The Morgan fingerprint density at radius 2 is 1.33 bits per heavy atom. The van der Waals surface area contributed by atoms with Crippen LogP contribution in [0.5, 0.6) is 0 Å². The third-order valence-corrected chi connectivity index (χ3v) is 4.62. The van der Waals surface area contributed by atoms with E-state index in [1.807, 2.05) is 0 Å². The Morgan fingerprint density at radius 1 is 0.889 bits per heavy atom. The second kappa shape index (κ2) is 6.36. The summed E-state index contributed by atoms with van der Waals surface area (Å²) in [5.74, 6) is 0.725. The highest BCUT2D eigenvalue weighted by atomic mass is 16.1. The van der Waals surface area contributed by atoms with Crippen LogP contribution in [0.2, 0.25) is 0 Å². The maximum atomic E-state index is 12.6. The summed E-state index contributed by atoms with van der Waals surface area (Å²) in [6.07, 6.45) is 14.4. The summed E-state index contributed by atoms with van der Waals surface area (Å²) in [5.41, 5.74) is 2.80. The zero-order valence-electron chi connectivity index (χ0n) is 11.9. The van der Waals surface area contributed by atoms with Crippen molar-refractivity contribution in [3.05, 3.63) is 23.3 Å². The van der Waals surface area contributed by atoms with Crippen LogP contribution >= 0.6 is 0 Å². The number of Topliss-reactive ketones (excluding diaryl/α,β-unsaturated/α-hetero) is 1. The Kier molecular flexibility index (Phi) is 4.79. The quantitative estimate of drug-likeness (QED) is 0.649. The highest BCUT2D eigenvalue weighted by Crippen LogP contribution is 2.31. The fourth-order valence-corrected chi connectivity index (χ4v) is 3.25. The summed E-state index contributed by atoms with van der Waals surface area (Å²) in [4.78, 5) is 12.6. The Morgan fingerprint density at radius 3 is 1.67 bits per heavy atom. The van der Waals surface area contributed by atoms with Gasteiger partial charge < -0.3 is 0 Å². The van der Waals surface area contributed by atoms with E-state index in [-0.39, 0.29) is 11.8 Å². The molecular formula is C17H26O. The SMILES string of the molecule is CC(C(=O)C(C)C1=CCCCC1)C1=CCCCC1. The van der Waals surface area contributed by atoms with Crippen molar-refractivity contribution < 1.29 is 4.79 Å². The molecule has 0 aromatic heterocycles. The smallest absolute Gasteiger partial charge is 0.146 e. The molecule has 0 aromatic carbocycles. The summed E-state index contributed by atoms with van der Waals surface area (Å²) in [6.45, 7) is 4.22. The zero-order chi connectivity index (χ0) is 13.0. The molecule has 2 unspecified atom stereocenters. The molecule has 0 aliphatic heterocycles. The monoisotopic (exact) mass is 246 g/mol. The van der Waals surface area contributed by atoms with Gasteiger partial charge >= 0.3 is 0 Å². The Bertz CT molecular complexity index is 328. The van der Waals surface area contributed by atoms with Crippen LogP contribution in [-0.4, -0.2) is 5.78 Å². The van der Waals surface area contributed by atoms with E-state index in [1.165, 1.54) is 49.7 Å². The van der Waals surface area contributed by atoms with E-state index < -0.39 is 0 Å². The molecule has 0 saturated carbocycles. The van der Waals surface area contributed by atoms with E-state index >= 15 is 0 Å². The molecule has 1 heteroatoms. The number of carbonyl (C=O) groups is 1. The van der Waals surface area contributed by atoms with Crippen molar-refractivity contribution in [2.75, 3.05) is 0 Å². The minimum absolute atomic E-state index is 0.142. The van der Waals surface area contributed by atoms with Crippen LogP contribution in [0.4, 0.5) is 0 Å². The van der Waals surface area contributed by atoms with Crippen molar-refractivity contribution >= 4 is 5.78 Å². The van der Waals surface area contributed by atoms with E-state index in [4.69, 9.17) is 0 Å². The Hall–Kier alpha value is -0.850. The van der Waals surface area contributed by atoms with Gasteiger partial charge in [0.15, 0.2) is 0 Å². The normalized spacial score (nSPS) is 23.9. The molecule has 2 aliphatic rings.